The minimum absolute atomic E-state index is 0.152. The number of aliphatic hydroxyl groups is 1. The quantitative estimate of drug-likeness (QED) is 0.798. The second-order valence-electron chi connectivity index (χ2n) is 3.85. The molecule has 16 heavy (non-hydrogen) atoms. The monoisotopic (exact) mass is 223 g/mol. The number of anilines is 1. The van der Waals surface area contributed by atoms with Gasteiger partial charge in [0.25, 0.3) is 0 Å². The fourth-order valence-electron chi connectivity index (χ4n) is 1.93. The first-order valence-electron chi connectivity index (χ1n) is 5.90. The maximum atomic E-state index is 9.12. The summed E-state index contributed by atoms with van der Waals surface area (Å²) >= 11 is 0. The molecular formula is C12H21N3O. The highest BCUT2D eigenvalue weighted by Crippen LogP contribution is 2.17. The topological polar surface area (TPSA) is 49.2 Å². The van der Waals surface area contributed by atoms with Gasteiger partial charge in [-0.3, -0.25) is 0 Å². The molecule has 0 aromatic carbocycles. The van der Waals surface area contributed by atoms with Gasteiger partial charge >= 0.3 is 0 Å². The summed E-state index contributed by atoms with van der Waals surface area (Å²) in [4.78, 5) is 10.7. The lowest BCUT2D eigenvalue weighted by molar-refractivity contribution is 0.295. The number of aliphatic hydroxyl groups excluding tert-OH is 1. The van der Waals surface area contributed by atoms with Crippen molar-refractivity contribution in [2.24, 2.45) is 0 Å². The third-order valence-corrected chi connectivity index (χ3v) is 2.78. The molecular weight excluding hydrogens is 202 g/mol. The van der Waals surface area contributed by atoms with E-state index in [1.807, 2.05) is 13.0 Å². The van der Waals surface area contributed by atoms with E-state index in [2.05, 4.69) is 28.7 Å². The molecule has 0 bridgehead atoms. The van der Waals surface area contributed by atoms with Crippen LogP contribution < -0.4 is 4.90 Å². The maximum absolute atomic E-state index is 9.12. The van der Waals surface area contributed by atoms with E-state index in [9.17, 15) is 0 Å². The van der Waals surface area contributed by atoms with Crippen LogP contribution in [0.1, 0.15) is 32.5 Å². The summed E-state index contributed by atoms with van der Waals surface area (Å²) in [6.45, 7) is 6.98. The number of hydrogen-bond acceptors (Lipinski definition) is 4. The first-order valence-corrected chi connectivity index (χ1v) is 5.90. The van der Waals surface area contributed by atoms with Crippen molar-refractivity contribution < 1.29 is 5.11 Å². The molecule has 1 aromatic heterocycles. The van der Waals surface area contributed by atoms with Gasteiger partial charge in [0.15, 0.2) is 0 Å². The van der Waals surface area contributed by atoms with Crippen LogP contribution in [0.25, 0.3) is 0 Å². The molecule has 1 rings (SSSR count). The Balaban J connectivity index is 2.91. The molecule has 0 atom stereocenters. The zero-order valence-electron chi connectivity index (χ0n) is 10.3. The van der Waals surface area contributed by atoms with Gasteiger partial charge in [-0.2, -0.15) is 0 Å². The van der Waals surface area contributed by atoms with Gasteiger partial charge in [0.05, 0.1) is 6.61 Å². The second kappa shape index (κ2) is 6.43. The van der Waals surface area contributed by atoms with E-state index < -0.39 is 0 Å². The van der Waals surface area contributed by atoms with Crippen molar-refractivity contribution in [1.29, 1.82) is 0 Å². The third-order valence-electron chi connectivity index (χ3n) is 2.78. The average molecular weight is 223 g/mol. The Morgan fingerprint density at radius 3 is 2.56 bits per heavy atom. The van der Waals surface area contributed by atoms with Gasteiger partial charge in [0.2, 0.25) is 0 Å². The Labute approximate surface area is 97.3 Å². The molecule has 1 heterocycles. The van der Waals surface area contributed by atoms with Crippen molar-refractivity contribution in [2.75, 3.05) is 18.1 Å². The van der Waals surface area contributed by atoms with Crippen LogP contribution in [0, 0.1) is 6.92 Å². The van der Waals surface area contributed by atoms with Gasteiger partial charge in [-0.1, -0.05) is 13.8 Å². The second-order valence-corrected chi connectivity index (χ2v) is 3.85. The molecule has 0 saturated heterocycles. The Morgan fingerprint density at radius 1 is 1.38 bits per heavy atom. The Morgan fingerprint density at radius 2 is 2.06 bits per heavy atom. The maximum Gasteiger partial charge on any atom is 0.132 e. The molecule has 4 nitrogen and oxygen atoms in total. The van der Waals surface area contributed by atoms with Gasteiger partial charge in [-0.05, 0) is 25.8 Å². The van der Waals surface area contributed by atoms with Crippen LogP contribution in [-0.4, -0.2) is 34.3 Å². The predicted molar refractivity (Wildman–Crippen MR) is 65.6 cm³/mol. The van der Waals surface area contributed by atoms with Crippen molar-refractivity contribution in [2.45, 2.75) is 39.7 Å². The van der Waals surface area contributed by atoms with E-state index in [1.165, 1.54) is 0 Å². The molecule has 1 aromatic rings. The van der Waals surface area contributed by atoms with Crippen LogP contribution in [0.15, 0.2) is 12.3 Å². The summed E-state index contributed by atoms with van der Waals surface area (Å²) in [7, 11) is 0. The van der Waals surface area contributed by atoms with Gasteiger partial charge in [0.1, 0.15) is 11.6 Å². The number of rotatable bonds is 6. The molecule has 4 heteroatoms. The summed E-state index contributed by atoms with van der Waals surface area (Å²) in [5.41, 5.74) is 0. The van der Waals surface area contributed by atoms with Crippen LogP contribution in [0.4, 0.5) is 5.82 Å². The molecule has 1 N–H and O–H groups in total. The zero-order valence-corrected chi connectivity index (χ0v) is 10.3. The summed E-state index contributed by atoms with van der Waals surface area (Å²) in [6.07, 6.45) is 3.88. The highest BCUT2D eigenvalue weighted by molar-refractivity contribution is 5.38. The van der Waals surface area contributed by atoms with E-state index in [4.69, 9.17) is 5.11 Å². The van der Waals surface area contributed by atoms with E-state index >= 15 is 0 Å². The average Bonchev–Trinajstić information content (AvgIpc) is 2.29. The summed E-state index contributed by atoms with van der Waals surface area (Å²) < 4.78 is 0. The van der Waals surface area contributed by atoms with E-state index in [0.29, 0.717) is 12.6 Å². The Bertz CT molecular complexity index is 313. The van der Waals surface area contributed by atoms with Crippen molar-refractivity contribution in [1.82, 2.24) is 9.97 Å². The van der Waals surface area contributed by atoms with Crippen LogP contribution in [0.5, 0.6) is 0 Å². The summed E-state index contributed by atoms with van der Waals surface area (Å²) in [5.74, 6) is 1.68. The Hall–Kier alpha value is -1.16. The summed E-state index contributed by atoms with van der Waals surface area (Å²) in [5, 5.41) is 9.12. The van der Waals surface area contributed by atoms with E-state index in [0.717, 1.165) is 24.5 Å². The lowest BCUT2D eigenvalue weighted by atomic mass is 10.1. The lowest BCUT2D eigenvalue weighted by Crippen LogP contribution is -2.37. The highest BCUT2D eigenvalue weighted by Gasteiger charge is 2.16. The van der Waals surface area contributed by atoms with Gasteiger partial charge in [-0.15, -0.1) is 0 Å². The van der Waals surface area contributed by atoms with Crippen molar-refractivity contribution >= 4 is 5.82 Å². The minimum atomic E-state index is 0.152. The lowest BCUT2D eigenvalue weighted by Gasteiger charge is -2.31. The molecule has 0 amide bonds. The van der Waals surface area contributed by atoms with E-state index in [1.54, 1.807) is 6.20 Å². The zero-order chi connectivity index (χ0) is 12.0. The van der Waals surface area contributed by atoms with Crippen LogP contribution >= 0.6 is 0 Å². The SMILES string of the molecule is CCC(CC)N(CCO)c1ccnc(C)n1. The van der Waals surface area contributed by atoms with Crippen molar-refractivity contribution in [3.8, 4) is 0 Å². The number of nitrogens with zero attached hydrogens (tertiary/aromatic N) is 3. The first-order chi connectivity index (χ1) is 7.72. The number of aryl methyl sites for hydroxylation is 1. The van der Waals surface area contributed by atoms with Crippen LogP contribution in [0.3, 0.4) is 0 Å². The Kier molecular flexibility index (Phi) is 5.19. The number of aromatic nitrogens is 2. The molecule has 0 fully saturated rings. The largest absolute Gasteiger partial charge is 0.395 e. The molecule has 0 spiro atoms. The molecule has 0 unspecified atom stereocenters. The van der Waals surface area contributed by atoms with Gasteiger partial charge in [0, 0.05) is 18.8 Å². The minimum Gasteiger partial charge on any atom is -0.395 e. The fourth-order valence-corrected chi connectivity index (χ4v) is 1.93. The third kappa shape index (κ3) is 3.17. The fraction of sp³-hybridized carbons (Fsp3) is 0.667. The van der Waals surface area contributed by atoms with Crippen molar-refractivity contribution in [3.63, 3.8) is 0 Å². The summed E-state index contributed by atoms with van der Waals surface area (Å²) in [6, 6.07) is 2.34. The molecule has 0 aliphatic heterocycles. The van der Waals surface area contributed by atoms with Gasteiger partial charge < -0.3 is 10.0 Å². The predicted octanol–water partition coefficient (Wildman–Crippen LogP) is 1.77. The molecule has 0 radical (unpaired) electrons. The number of hydrogen-bond donors (Lipinski definition) is 1. The molecule has 90 valence electrons. The first kappa shape index (κ1) is 12.9. The molecule has 0 aliphatic carbocycles. The van der Waals surface area contributed by atoms with E-state index in [-0.39, 0.29) is 6.61 Å². The highest BCUT2D eigenvalue weighted by atomic mass is 16.3. The molecule has 0 saturated carbocycles. The van der Waals surface area contributed by atoms with Crippen LogP contribution in [-0.2, 0) is 0 Å². The van der Waals surface area contributed by atoms with Gasteiger partial charge in [-0.25, -0.2) is 9.97 Å². The van der Waals surface area contributed by atoms with Crippen molar-refractivity contribution in [3.05, 3.63) is 18.1 Å². The smallest absolute Gasteiger partial charge is 0.132 e. The molecule has 0 aliphatic rings. The normalized spacial score (nSPS) is 10.8. The van der Waals surface area contributed by atoms with Crippen LogP contribution in [0.2, 0.25) is 0 Å². The standard InChI is InChI=1S/C12H21N3O/c1-4-11(5-2)15(8-9-16)12-6-7-13-10(3)14-12/h6-7,11,16H,4-5,8-9H2,1-3H3.